The molecule has 1 heterocycles. The van der Waals surface area contributed by atoms with Crippen LogP contribution >= 0.6 is 0 Å². The summed E-state index contributed by atoms with van der Waals surface area (Å²) in [5.74, 6) is -1.65. The molecule has 0 aliphatic rings. The lowest BCUT2D eigenvalue weighted by Gasteiger charge is -2.19. The highest BCUT2D eigenvalue weighted by Crippen LogP contribution is 2.23. The molecule has 3 aromatic rings. The zero-order chi connectivity index (χ0) is 28.5. The van der Waals surface area contributed by atoms with Crippen LogP contribution in [0.1, 0.15) is 43.1 Å². The first kappa shape index (κ1) is 28.8. The second kappa shape index (κ2) is 13.2. The van der Waals surface area contributed by atoms with Crippen molar-refractivity contribution in [2.75, 3.05) is 19.0 Å². The zero-order valence-electron chi connectivity index (χ0n) is 22.1. The summed E-state index contributed by atoms with van der Waals surface area (Å²) >= 11 is 0. The van der Waals surface area contributed by atoms with Gasteiger partial charge in [-0.25, -0.2) is 9.78 Å². The Labute approximate surface area is 225 Å². The summed E-state index contributed by atoms with van der Waals surface area (Å²) in [7, 11) is 1.19. The van der Waals surface area contributed by atoms with Gasteiger partial charge in [0.1, 0.15) is 12.6 Å². The highest BCUT2D eigenvalue weighted by atomic mass is 16.5. The predicted molar refractivity (Wildman–Crippen MR) is 142 cm³/mol. The second-order valence-electron chi connectivity index (χ2n) is 9.12. The number of esters is 1. The van der Waals surface area contributed by atoms with E-state index in [1.165, 1.54) is 18.6 Å². The van der Waals surface area contributed by atoms with Gasteiger partial charge in [0.2, 0.25) is 17.8 Å². The van der Waals surface area contributed by atoms with E-state index in [9.17, 15) is 24.0 Å². The molecule has 1 unspecified atom stereocenters. The molecule has 0 aliphatic carbocycles. The Kier molecular flexibility index (Phi) is 9.74. The largest absolute Gasteiger partial charge is 0.453 e. The van der Waals surface area contributed by atoms with Crippen LogP contribution in [-0.4, -0.2) is 58.9 Å². The lowest BCUT2D eigenvalue weighted by atomic mass is 10.0. The summed E-state index contributed by atoms with van der Waals surface area (Å²) < 4.78 is 11.4. The average molecular weight is 538 g/mol. The molecule has 3 N–H and O–H groups in total. The zero-order valence-corrected chi connectivity index (χ0v) is 22.1. The molecule has 1 atom stereocenters. The summed E-state index contributed by atoms with van der Waals surface area (Å²) in [4.78, 5) is 65.4. The highest BCUT2D eigenvalue weighted by molar-refractivity contribution is 6.10. The number of imidazole rings is 1. The fourth-order valence-electron chi connectivity index (χ4n) is 3.81. The SMILES string of the molecule is COC(=O)Nc1nc2cc(C(=O)c3ccccc3)ccc2n1COC(=O)CNC(=O)C(CC(C)C)NC(C)=O. The molecule has 3 rings (SSSR count). The molecule has 0 aliphatic heterocycles. The lowest BCUT2D eigenvalue weighted by Crippen LogP contribution is -2.48. The van der Waals surface area contributed by atoms with Crippen LogP contribution < -0.4 is 16.0 Å². The minimum absolute atomic E-state index is 0.0284. The van der Waals surface area contributed by atoms with Gasteiger partial charge in [-0.1, -0.05) is 44.2 Å². The van der Waals surface area contributed by atoms with E-state index in [0.29, 0.717) is 28.6 Å². The third-order valence-corrected chi connectivity index (χ3v) is 5.61. The molecule has 0 radical (unpaired) electrons. The number of fused-ring (bicyclic) bond motifs is 1. The van der Waals surface area contributed by atoms with E-state index >= 15 is 0 Å². The monoisotopic (exact) mass is 537 g/mol. The van der Waals surface area contributed by atoms with Crippen molar-refractivity contribution in [1.29, 1.82) is 0 Å². The average Bonchev–Trinajstić information content (AvgIpc) is 3.25. The normalized spacial score (nSPS) is 11.5. The van der Waals surface area contributed by atoms with Crippen LogP contribution in [0.3, 0.4) is 0 Å². The number of nitrogens with one attached hydrogen (secondary N) is 3. The molecule has 0 bridgehead atoms. The first-order chi connectivity index (χ1) is 18.6. The number of aromatic nitrogens is 2. The van der Waals surface area contributed by atoms with E-state index in [4.69, 9.17) is 4.74 Å². The topological polar surface area (TPSA) is 158 Å². The minimum Gasteiger partial charge on any atom is -0.453 e. The van der Waals surface area contributed by atoms with E-state index < -0.39 is 30.6 Å². The molecule has 12 nitrogen and oxygen atoms in total. The van der Waals surface area contributed by atoms with Crippen molar-refractivity contribution >= 4 is 46.6 Å². The van der Waals surface area contributed by atoms with Crippen molar-refractivity contribution in [2.45, 2.75) is 40.0 Å². The maximum Gasteiger partial charge on any atom is 0.413 e. The maximum absolute atomic E-state index is 12.9. The summed E-state index contributed by atoms with van der Waals surface area (Å²) in [6, 6.07) is 12.8. The molecule has 0 fully saturated rings. The fourth-order valence-corrected chi connectivity index (χ4v) is 3.81. The quantitative estimate of drug-likeness (QED) is 0.249. The number of hydrogen-bond acceptors (Lipinski definition) is 8. The van der Waals surface area contributed by atoms with Crippen molar-refractivity contribution in [2.24, 2.45) is 5.92 Å². The number of anilines is 1. The Bertz CT molecular complexity index is 1370. The van der Waals surface area contributed by atoms with Crippen LogP contribution in [0.15, 0.2) is 48.5 Å². The number of ketones is 1. The van der Waals surface area contributed by atoms with Crippen LogP contribution in [0.2, 0.25) is 0 Å². The van der Waals surface area contributed by atoms with Gasteiger partial charge in [-0.15, -0.1) is 0 Å². The molecule has 0 spiro atoms. The summed E-state index contributed by atoms with van der Waals surface area (Å²) in [5, 5.41) is 7.50. The smallest absolute Gasteiger partial charge is 0.413 e. The molecule has 12 heteroatoms. The van der Waals surface area contributed by atoms with E-state index in [-0.39, 0.29) is 30.3 Å². The first-order valence-corrected chi connectivity index (χ1v) is 12.2. The fraction of sp³-hybridized carbons (Fsp3) is 0.333. The van der Waals surface area contributed by atoms with Crippen molar-refractivity contribution in [3.8, 4) is 0 Å². The third kappa shape index (κ3) is 7.87. The molecule has 0 saturated heterocycles. The van der Waals surface area contributed by atoms with Crippen molar-refractivity contribution in [3.63, 3.8) is 0 Å². The number of nitrogens with zero attached hydrogens (tertiary/aromatic N) is 2. The van der Waals surface area contributed by atoms with Gasteiger partial charge in [-0.3, -0.25) is 29.1 Å². The van der Waals surface area contributed by atoms with Gasteiger partial charge in [-0.05, 0) is 30.5 Å². The number of methoxy groups -OCH3 is 1. The van der Waals surface area contributed by atoms with E-state index in [1.807, 2.05) is 19.9 Å². The van der Waals surface area contributed by atoms with Gasteiger partial charge < -0.3 is 20.1 Å². The number of amides is 3. The van der Waals surface area contributed by atoms with Crippen LogP contribution in [0.25, 0.3) is 11.0 Å². The van der Waals surface area contributed by atoms with E-state index in [1.54, 1.807) is 42.5 Å². The molecule has 0 saturated carbocycles. The first-order valence-electron chi connectivity index (χ1n) is 12.2. The summed E-state index contributed by atoms with van der Waals surface area (Å²) in [5.41, 5.74) is 1.75. The summed E-state index contributed by atoms with van der Waals surface area (Å²) in [6.45, 7) is 4.34. The second-order valence-corrected chi connectivity index (χ2v) is 9.12. The maximum atomic E-state index is 12.9. The number of carbonyl (C=O) groups excluding carboxylic acids is 5. The molecular weight excluding hydrogens is 506 g/mol. The number of hydrogen-bond donors (Lipinski definition) is 3. The molecule has 1 aromatic heterocycles. The molecular formula is C27H31N5O7. The lowest BCUT2D eigenvalue weighted by molar-refractivity contribution is -0.147. The van der Waals surface area contributed by atoms with Crippen molar-refractivity contribution < 1.29 is 33.4 Å². The third-order valence-electron chi connectivity index (χ3n) is 5.61. The van der Waals surface area contributed by atoms with Crippen LogP contribution in [0.5, 0.6) is 0 Å². The highest BCUT2D eigenvalue weighted by Gasteiger charge is 2.22. The Morgan fingerprint density at radius 1 is 1.00 bits per heavy atom. The Balaban J connectivity index is 1.74. The Morgan fingerprint density at radius 2 is 1.72 bits per heavy atom. The van der Waals surface area contributed by atoms with Gasteiger partial charge >= 0.3 is 12.1 Å². The van der Waals surface area contributed by atoms with Gasteiger partial charge in [0, 0.05) is 18.1 Å². The number of ether oxygens (including phenoxy) is 2. The summed E-state index contributed by atoms with van der Waals surface area (Å²) in [6.07, 6.45) is -0.390. The standard InChI is InChI=1S/C27H31N5O7/c1-16(2)12-21(29-17(3)33)25(36)28-14-23(34)39-15-32-22-11-10-19(24(35)18-8-6-5-7-9-18)13-20(22)30-26(32)31-27(37)38-4/h5-11,13,16,21H,12,14-15H2,1-4H3,(H,28,36)(H,29,33)(H,30,31,37). The minimum atomic E-state index is -0.792. The number of rotatable bonds is 11. The van der Waals surface area contributed by atoms with Crippen LogP contribution in [-0.2, 0) is 30.6 Å². The van der Waals surface area contributed by atoms with Crippen molar-refractivity contribution in [3.05, 3.63) is 59.7 Å². The van der Waals surface area contributed by atoms with Gasteiger partial charge in [-0.2, -0.15) is 0 Å². The Hall–Kier alpha value is -4.74. The predicted octanol–water partition coefficient (Wildman–Crippen LogP) is 2.61. The van der Waals surface area contributed by atoms with E-state index in [2.05, 4.69) is 25.7 Å². The molecule has 39 heavy (non-hydrogen) atoms. The van der Waals surface area contributed by atoms with Crippen LogP contribution in [0.4, 0.5) is 10.7 Å². The van der Waals surface area contributed by atoms with Gasteiger partial charge in [0.15, 0.2) is 12.5 Å². The Morgan fingerprint density at radius 3 is 2.36 bits per heavy atom. The van der Waals surface area contributed by atoms with Crippen LogP contribution in [0, 0.1) is 5.92 Å². The van der Waals surface area contributed by atoms with Gasteiger partial charge in [0.05, 0.1) is 18.1 Å². The number of benzene rings is 2. The van der Waals surface area contributed by atoms with Crippen molar-refractivity contribution in [1.82, 2.24) is 20.2 Å². The molecule has 206 valence electrons. The molecule has 3 amide bonds. The van der Waals surface area contributed by atoms with Gasteiger partial charge in [0.25, 0.3) is 0 Å². The molecule has 2 aromatic carbocycles. The number of carbonyl (C=O) groups is 5. The van der Waals surface area contributed by atoms with E-state index in [0.717, 1.165) is 0 Å².